The number of piperidine rings is 1. The van der Waals surface area contributed by atoms with Crippen LogP contribution in [0.5, 0.6) is 0 Å². The Bertz CT molecular complexity index is 910. The van der Waals surface area contributed by atoms with E-state index in [1.54, 1.807) is 17.7 Å². The van der Waals surface area contributed by atoms with E-state index in [2.05, 4.69) is 48.3 Å². The van der Waals surface area contributed by atoms with Crippen molar-refractivity contribution in [3.05, 3.63) is 41.1 Å². The molecule has 140 valence electrons. The number of anilines is 2. The number of fused-ring (bicyclic) bond motifs is 1. The molecule has 0 radical (unpaired) electrons. The summed E-state index contributed by atoms with van der Waals surface area (Å²) >= 11 is 1.68. The second-order valence-corrected chi connectivity index (χ2v) is 7.92. The lowest BCUT2D eigenvalue weighted by Crippen LogP contribution is -2.36. The largest absolute Gasteiger partial charge is 0.378 e. The average molecular weight is 382 g/mol. The maximum atomic E-state index is 5.47. The molecule has 0 bridgehead atoms. The molecule has 2 fully saturated rings. The van der Waals surface area contributed by atoms with Crippen LogP contribution in [0.15, 0.2) is 35.4 Å². The maximum absolute atomic E-state index is 5.47. The molecule has 1 atom stereocenters. The van der Waals surface area contributed by atoms with Crippen molar-refractivity contribution in [2.75, 3.05) is 49.2 Å². The summed E-state index contributed by atoms with van der Waals surface area (Å²) in [7, 11) is 0. The molecule has 2 saturated heterocycles. The number of rotatable bonds is 3. The van der Waals surface area contributed by atoms with Gasteiger partial charge in [0, 0.05) is 48.6 Å². The first kappa shape index (κ1) is 16.9. The van der Waals surface area contributed by atoms with Crippen LogP contribution in [-0.2, 0) is 4.74 Å². The Hall–Kier alpha value is -2.25. The Morgan fingerprint density at radius 2 is 1.96 bits per heavy atom. The van der Waals surface area contributed by atoms with E-state index in [0.29, 0.717) is 5.92 Å². The highest BCUT2D eigenvalue weighted by Gasteiger charge is 2.25. The lowest BCUT2D eigenvalue weighted by molar-refractivity contribution is 0.122. The molecule has 1 aromatic carbocycles. The number of hydrogen-bond acceptors (Lipinski definition) is 7. The van der Waals surface area contributed by atoms with Crippen LogP contribution in [0, 0.1) is 0 Å². The Morgan fingerprint density at radius 3 is 2.81 bits per heavy atom. The van der Waals surface area contributed by atoms with E-state index in [1.165, 1.54) is 24.2 Å². The number of nitrogens with zero attached hydrogens (tertiary/aromatic N) is 5. The fraction of sp³-hybridized carbons (Fsp3) is 0.450. The van der Waals surface area contributed by atoms with Gasteiger partial charge in [0.1, 0.15) is 12.1 Å². The van der Waals surface area contributed by atoms with E-state index in [0.717, 1.165) is 56.1 Å². The maximum Gasteiger partial charge on any atom is 0.139 e. The van der Waals surface area contributed by atoms with Gasteiger partial charge >= 0.3 is 0 Å². The second kappa shape index (κ2) is 7.40. The molecule has 3 aromatic rings. The van der Waals surface area contributed by atoms with Crippen LogP contribution in [0.25, 0.3) is 10.9 Å². The van der Waals surface area contributed by atoms with Crippen LogP contribution in [0.4, 0.5) is 11.5 Å². The standard InChI is InChI=1S/C20H23N5OS/c1-2-15(19-12-27-14-23-19)11-25(5-1)20-17-4-3-16(10-18(17)21-13-22-20)24-6-8-26-9-7-24/h3-4,10,12-15H,1-2,5-9,11H2/t15-/m0/s1. The van der Waals surface area contributed by atoms with Crippen molar-refractivity contribution in [3.8, 4) is 0 Å². The van der Waals surface area contributed by atoms with Crippen molar-refractivity contribution in [1.29, 1.82) is 0 Å². The summed E-state index contributed by atoms with van der Waals surface area (Å²) in [5, 5.41) is 3.31. The number of benzene rings is 1. The van der Waals surface area contributed by atoms with Crippen molar-refractivity contribution in [2.45, 2.75) is 18.8 Å². The van der Waals surface area contributed by atoms with Gasteiger partial charge in [-0.2, -0.15) is 0 Å². The summed E-state index contributed by atoms with van der Waals surface area (Å²) in [6.07, 6.45) is 4.07. The number of ether oxygens (including phenoxy) is 1. The molecule has 27 heavy (non-hydrogen) atoms. The molecule has 4 heterocycles. The molecular weight excluding hydrogens is 358 g/mol. The Morgan fingerprint density at radius 1 is 1.04 bits per heavy atom. The monoisotopic (exact) mass is 381 g/mol. The minimum absolute atomic E-state index is 0.489. The smallest absolute Gasteiger partial charge is 0.139 e. The van der Waals surface area contributed by atoms with Gasteiger partial charge in [-0.05, 0) is 31.0 Å². The number of aromatic nitrogens is 3. The first-order valence-electron chi connectivity index (χ1n) is 9.59. The van der Waals surface area contributed by atoms with Crippen LogP contribution in [0.1, 0.15) is 24.5 Å². The van der Waals surface area contributed by atoms with E-state index in [1.807, 2.05) is 5.51 Å². The van der Waals surface area contributed by atoms with Crippen molar-refractivity contribution >= 4 is 33.7 Å². The normalized spacial score (nSPS) is 21.0. The molecule has 0 spiro atoms. The summed E-state index contributed by atoms with van der Waals surface area (Å²) in [4.78, 5) is 18.5. The lowest BCUT2D eigenvalue weighted by Gasteiger charge is -2.33. The highest BCUT2D eigenvalue weighted by molar-refractivity contribution is 7.07. The molecule has 2 aromatic heterocycles. The van der Waals surface area contributed by atoms with Gasteiger partial charge in [-0.3, -0.25) is 0 Å². The van der Waals surface area contributed by atoms with Gasteiger partial charge in [0.05, 0.1) is 29.9 Å². The summed E-state index contributed by atoms with van der Waals surface area (Å²) in [6, 6.07) is 6.57. The second-order valence-electron chi connectivity index (χ2n) is 7.20. The fourth-order valence-electron chi connectivity index (χ4n) is 4.14. The number of hydrogen-bond donors (Lipinski definition) is 0. The van der Waals surface area contributed by atoms with E-state index in [4.69, 9.17) is 4.74 Å². The molecule has 0 amide bonds. The van der Waals surface area contributed by atoms with Crippen LogP contribution in [0.3, 0.4) is 0 Å². The van der Waals surface area contributed by atoms with Gasteiger partial charge in [-0.15, -0.1) is 11.3 Å². The molecule has 0 N–H and O–H groups in total. The third-order valence-corrected chi connectivity index (χ3v) is 6.17. The lowest BCUT2D eigenvalue weighted by atomic mass is 9.95. The zero-order valence-electron chi connectivity index (χ0n) is 15.3. The number of thiazole rings is 1. The van der Waals surface area contributed by atoms with E-state index in [9.17, 15) is 0 Å². The van der Waals surface area contributed by atoms with Crippen molar-refractivity contribution in [2.24, 2.45) is 0 Å². The van der Waals surface area contributed by atoms with Crippen molar-refractivity contribution in [3.63, 3.8) is 0 Å². The zero-order valence-corrected chi connectivity index (χ0v) is 16.1. The summed E-state index contributed by atoms with van der Waals surface area (Å²) in [5.41, 5.74) is 5.38. The molecule has 0 aliphatic carbocycles. The minimum Gasteiger partial charge on any atom is -0.378 e. The van der Waals surface area contributed by atoms with Crippen molar-refractivity contribution in [1.82, 2.24) is 15.0 Å². The molecule has 0 unspecified atom stereocenters. The topological polar surface area (TPSA) is 54.4 Å². The molecule has 2 aliphatic rings. The van der Waals surface area contributed by atoms with Gasteiger partial charge in [0.15, 0.2) is 0 Å². The molecule has 2 aliphatic heterocycles. The fourth-order valence-corrected chi connectivity index (χ4v) is 4.77. The SMILES string of the molecule is c1nc(N2CCC[C@H](c3cscn3)C2)c2ccc(N3CCOCC3)cc2n1. The predicted molar refractivity (Wildman–Crippen MR) is 109 cm³/mol. The van der Waals surface area contributed by atoms with E-state index < -0.39 is 0 Å². The van der Waals surface area contributed by atoms with Crippen LogP contribution < -0.4 is 9.80 Å². The van der Waals surface area contributed by atoms with Gasteiger partial charge in [0.2, 0.25) is 0 Å². The summed E-state index contributed by atoms with van der Waals surface area (Å²) < 4.78 is 5.47. The molecular formula is C20H23N5OS. The molecule has 7 heteroatoms. The summed E-state index contributed by atoms with van der Waals surface area (Å²) in [5.74, 6) is 1.54. The summed E-state index contributed by atoms with van der Waals surface area (Å²) in [6.45, 7) is 5.46. The zero-order chi connectivity index (χ0) is 18.1. The van der Waals surface area contributed by atoms with E-state index in [-0.39, 0.29) is 0 Å². The van der Waals surface area contributed by atoms with Gasteiger partial charge in [-0.1, -0.05) is 0 Å². The number of morpholine rings is 1. The first-order valence-corrected chi connectivity index (χ1v) is 10.5. The highest BCUT2D eigenvalue weighted by Crippen LogP contribution is 2.33. The van der Waals surface area contributed by atoms with Crippen LogP contribution >= 0.6 is 11.3 Å². The predicted octanol–water partition coefficient (Wildman–Crippen LogP) is 3.31. The Kier molecular flexibility index (Phi) is 4.63. The first-order chi connectivity index (χ1) is 13.4. The van der Waals surface area contributed by atoms with Crippen molar-refractivity contribution < 1.29 is 4.74 Å². The van der Waals surface area contributed by atoms with Gasteiger partial charge in [0.25, 0.3) is 0 Å². The third kappa shape index (κ3) is 3.37. The average Bonchev–Trinajstić information content (AvgIpc) is 3.29. The third-order valence-electron chi connectivity index (χ3n) is 5.57. The molecule has 0 saturated carbocycles. The van der Waals surface area contributed by atoms with Crippen LogP contribution in [-0.4, -0.2) is 54.3 Å². The highest BCUT2D eigenvalue weighted by atomic mass is 32.1. The Balaban J connectivity index is 1.44. The van der Waals surface area contributed by atoms with Gasteiger partial charge < -0.3 is 14.5 Å². The molecule has 6 nitrogen and oxygen atoms in total. The van der Waals surface area contributed by atoms with E-state index >= 15 is 0 Å². The molecule has 5 rings (SSSR count). The van der Waals surface area contributed by atoms with Crippen LogP contribution in [0.2, 0.25) is 0 Å². The quantitative estimate of drug-likeness (QED) is 0.694. The Labute approximate surface area is 162 Å². The minimum atomic E-state index is 0.489. The van der Waals surface area contributed by atoms with Gasteiger partial charge in [-0.25, -0.2) is 15.0 Å².